The molecule has 144 valence electrons. The van der Waals surface area contributed by atoms with Crippen LogP contribution in [0.15, 0.2) is 47.3 Å². The lowest BCUT2D eigenvalue weighted by atomic mass is 10.1. The van der Waals surface area contributed by atoms with Crippen LogP contribution in [0.5, 0.6) is 0 Å². The second kappa shape index (κ2) is 7.92. The molecule has 0 amide bonds. The molecule has 0 bridgehead atoms. The SMILES string of the molecule is O=C(OCc1cccc(F)c1)c1ccc2c(=O)n3c(nc2c1)CCCCCC3. The average molecular weight is 380 g/mol. The van der Waals surface area contributed by atoms with Gasteiger partial charge in [0.05, 0.1) is 16.5 Å². The van der Waals surface area contributed by atoms with Gasteiger partial charge in [-0.1, -0.05) is 25.0 Å². The molecule has 0 saturated heterocycles. The molecule has 0 spiro atoms. The zero-order chi connectivity index (χ0) is 19.5. The van der Waals surface area contributed by atoms with Crippen LogP contribution < -0.4 is 5.56 Å². The molecule has 0 aliphatic carbocycles. The van der Waals surface area contributed by atoms with E-state index >= 15 is 0 Å². The minimum absolute atomic E-state index is 0.0189. The van der Waals surface area contributed by atoms with Gasteiger partial charge in [0.15, 0.2) is 0 Å². The smallest absolute Gasteiger partial charge is 0.338 e. The van der Waals surface area contributed by atoms with Crippen LogP contribution in [0.2, 0.25) is 0 Å². The number of benzene rings is 2. The standard InChI is InChI=1S/C22H21FN2O3/c23-17-7-5-6-15(12-17)14-28-22(27)16-9-10-18-19(13-16)24-20-8-3-1-2-4-11-25(20)21(18)26/h5-7,9-10,12-13H,1-4,8,11,14H2. The highest BCUT2D eigenvalue weighted by molar-refractivity contribution is 5.94. The van der Waals surface area contributed by atoms with Gasteiger partial charge < -0.3 is 4.74 Å². The Hall–Kier alpha value is -3.02. The summed E-state index contributed by atoms with van der Waals surface area (Å²) in [6, 6.07) is 10.7. The Morgan fingerprint density at radius 1 is 1.11 bits per heavy atom. The molecule has 0 unspecified atom stereocenters. The van der Waals surface area contributed by atoms with Crippen molar-refractivity contribution in [1.82, 2.24) is 9.55 Å². The zero-order valence-electron chi connectivity index (χ0n) is 15.5. The molecule has 0 fully saturated rings. The maximum absolute atomic E-state index is 13.2. The molecule has 5 nitrogen and oxygen atoms in total. The van der Waals surface area contributed by atoms with Gasteiger partial charge in [-0.3, -0.25) is 9.36 Å². The molecule has 28 heavy (non-hydrogen) atoms. The van der Waals surface area contributed by atoms with E-state index in [1.165, 1.54) is 12.1 Å². The van der Waals surface area contributed by atoms with Gasteiger partial charge in [0.1, 0.15) is 18.2 Å². The Labute approximate surface area is 161 Å². The highest BCUT2D eigenvalue weighted by atomic mass is 19.1. The summed E-state index contributed by atoms with van der Waals surface area (Å²) >= 11 is 0. The molecule has 0 N–H and O–H groups in total. The fraction of sp³-hybridized carbons (Fsp3) is 0.318. The summed E-state index contributed by atoms with van der Waals surface area (Å²) in [6.45, 7) is 0.670. The molecule has 4 rings (SSSR count). The first-order chi connectivity index (χ1) is 13.6. The van der Waals surface area contributed by atoms with Crippen LogP contribution in [0.25, 0.3) is 10.9 Å². The summed E-state index contributed by atoms with van der Waals surface area (Å²) in [5, 5.41) is 0.506. The summed E-state index contributed by atoms with van der Waals surface area (Å²) in [7, 11) is 0. The van der Waals surface area contributed by atoms with E-state index in [9.17, 15) is 14.0 Å². The lowest BCUT2D eigenvalue weighted by Crippen LogP contribution is -2.26. The number of aromatic nitrogens is 2. The average Bonchev–Trinajstić information content (AvgIpc) is 2.67. The van der Waals surface area contributed by atoms with E-state index in [0.29, 0.717) is 28.6 Å². The van der Waals surface area contributed by atoms with Crippen LogP contribution in [0.3, 0.4) is 0 Å². The van der Waals surface area contributed by atoms with E-state index < -0.39 is 5.97 Å². The minimum Gasteiger partial charge on any atom is -0.457 e. The predicted octanol–water partition coefficient (Wildman–Crippen LogP) is 4.01. The van der Waals surface area contributed by atoms with Crippen LogP contribution in [0.4, 0.5) is 4.39 Å². The quantitative estimate of drug-likeness (QED) is 0.644. The van der Waals surface area contributed by atoms with Gasteiger partial charge >= 0.3 is 5.97 Å². The maximum atomic E-state index is 13.2. The molecule has 2 aromatic carbocycles. The molecular formula is C22H21FN2O3. The van der Waals surface area contributed by atoms with E-state index in [1.54, 1.807) is 34.9 Å². The Morgan fingerprint density at radius 2 is 1.96 bits per heavy atom. The van der Waals surface area contributed by atoms with Crippen LogP contribution in [0.1, 0.15) is 47.4 Å². The number of ether oxygens (including phenoxy) is 1. The first kappa shape index (κ1) is 18.3. The Kier molecular flexibility index (Phi) is 5.19. The second-order valence-electron chi connectivity index (χ2n) is 7.09. The minimum atomic E-state index is -0.528. The first-order valence-corrected chi connectivity index (χ1v) is 9.57. The predicted molar refractivity (Wildman–Crippen MR) is 104 cm³/mol. The van der Waals surface area contributed by atoms with Gasteiger partial charge in [0.25, 0.3) is 5.56 Å². The monoisotopic (exact) mass is 380 g/mol. The molecule has 2 heterocycles. The van der Waals surface area contributed by atoms with Crippen molar-refractivity contribution in [3.8, 4) is 0 Å². The summed E-state index contributed by atoms with van der Waals surface area (Å²) in [4.78, 5) is 29.9. The zero-order valence-corrected chi connectivity index (χ0v) is 15.5. The summed E-state index contributed by atoms with van der Waals surface area (Å²) in [5.41, 5.74) is 1.36. The van der Waals surface area contributed by atoms with Crippen molar-refractivity contribution >= 4 is 16.9 Å². The van der Waals surface area contributed by atoms with Crippen molar-refractivity contribution < 1.29 is 13.9 Å². The molecule has 6 heteroatoms. The number of hydrogen-bond donors (Lipinski definition) is 0. The number of hydrogen-bond acceptors (Lipinski definition) is 4. The van der Waals surface area contributed by atoms with Gasteiger partial charge in [0, 0.05) is 13.0 Å². The van der Waals surface area contributed by atoms with Crippen LogP contribution >= 0.6 is 0 Å². The summed E-state index contributed by atoms with van der Waals surface area (Å²) < 4.78 is 20.3. The van der Waals surface area contributed by atoms with Gasteiger partial charge in [0.2, 0.25) is 0 Å². The van der Waals surface area contributed by atoms with E-state index in [-0.39, 0.29) is 18.0 Å². The molecule has 3 aromatic rings. The molecule has 0 saturated carbocycles. The van der Waals surface area contributed by atoms with E-state index in [4.69, 9.17) is 4.74 Å². The molecule has 1 aliphatic heterocycles. The highest BCUT2D eigenvalue weighted by Crippen LogP contribution is 2.17. The van der Waals surface area contributed by atoms with Crippen molar-refractivity contribution in [1.29, 1.82) is 0 Å². The first-order valence-electron chi connectivity index (χ1n) is 9.57. The van der Waals surface area contributed by atoms with Crippen molar-refractivity contribution in [2.75, 3.05) is 0 Å². The van der Waals surface area contributed by atoms with Gasteiger partial charge in [-0.25, -0.2) is 14.2 Å². The number of carbonyl (C=O) groups excluding carboxylic acids is 1. The van der Waals surface area contributed by atoms with Crippen molar-refractivity contribution in [3.05, 3.63) is 75.6 Å². The van der Waals surface area contributed by atoms with Crippen molar-refractivity contribution in [3.63, 3.8) is 0 Å². The fourth-order valence-corrected chi connectivity index (χ4v) is 3.58. The van der Waals surface area contributed by atoms with E-state index in [2.05, 4.69) is 4.98 Å². The number of carbonyl (C=O) groups is 1. The number of aryl methyl sites for hydroxylation is 1. The Balaban J connectivity index is 1.60. The third-order valence-electron chi connectivity index (χ3n) is 5.06. The van der Waals surface area contributed by atoms with E-state index in [1.807, 2.05) is 0 Å². The molecule has 0 radical (unpaired) electrons. The van der Waals surface area contributed by atoms with Crippen LogP contribution in [-0.4, -0.2) is 15.5 Å². The lowest BCUT2D eigenvalue weighted by Gasteiger charge is -2.16. The van der Waals surface area contributed by atoms with Crippen LogP contribution in [0, 0.1) is 5.82 Å². The maximum Gasteiger partial charge on any atom is 0.338 e. The fourth-order valence-electron chi connectivity index (χ4n) is 3.58. The lowest BCUT2D eigenvalue weighted by molar-refractivity contribution is 0.0472. The van der Waals surface area contributed by atoms with Crippen molar-refractivity contribution in [2.24, 2.45) is 0 Å². The third-order valence-corrected chi connectivity index (χ3v) is 5.06. The molecule has 1 aliphatic rings. The van der Waals surface area contributed by atoms with Gasteiger partial charge in [-0.15, -0.1) is 0 Å². The molecular weight excluding hydrogens is 359 g/mol. The van der Waals surface area contributed by atoms with Crippen molar-refractivity contribution in [2.45, 2.75) is 45.3 Å². The number of nitrogens with zero attached hydrogens (tertiary/aromatic N) is 2. The largest absolute Gasteiger partial charge is 0.457 e. The Bertz CT molecular complexity index is 1090. The number of esters is 1. The topological polar surface area (TPSA) is 61.2 Å². The molecule has 1 aromatic heterocycles. The summed E-state index contributed by atoms with van der Waals surface area (Å²) in [6.07, 6.45) is 5.01. The van der Waals surface area contributed by atoms with E-state index in [0.717, 1.165) is 37.9 Å². The normalized spacial score (nSPS) is 14.2. The second-order valence-corrected chi connectivity index (χ2v) is 7.09. The summed E-state index contributed by atoms with van der Waals surface area (Å²) in [5.74, 6) is -0.122. The number of rotatable bonds is 3. The van der Waals surface area contributed by atoms with Crippen LogP contribution in [-0.2, 0) is 24.3 Å². The number of halogens is 1. The number of fused-ring (bicyclic) bond motifs is 2. The van der Waals surface area contributed by atoms with Gasteiger partial charge in [-0.05, 0) is 48.7 Å². The third kappa shape index (κ3) is 3.81. The Morgan fingerprint density at radius 3 is 2.82 bits per heavy atom. The molecule has 0 atom stereocenters. The van der Waals surface area contributed by atoms with Gasteiger partial charge in [-0.2, -0.15) is 0 Å². The highest BCUT2D eigenvalue weighted by Gasteiger charge is 2.15.